The fraction of sp³-hybridized carbons (Fsp3) is 0.533. The lowest BCUT2D eigenvalue weighted by Crippen LogP contribution is -2.19. The van der Waals surface area contributed by atoms with Crippen LogP contribution in [0.1, 0.15) is 38.1 Å². The van der Waals surface area contributed by atoms with E-state index in [-0.39, 0.29) is 0 Å². The van der Waals surface area contributed by atoms with Gasteiger partial charge in [-0.1, -0.05) is 22.0 Å². The second-order valence-electron chi connectivity index (χ2n) is 5.50. The molecule has 1 aromatic carbocycles. The minimum atomic E-state index is 0.328. The molecule has 1 aromatic heterocycles. The number of rotatable bonds is 3. The second-order valence-corrected chi connectivity index (χ2v) is 6.41. The molecular weight excluding hydrogens is 304 g/mol. The van der Waals surface area contributed by atoms with Gasteiger partial charge in [-0.05, 0) is 50.2 Å². The van der Waals surface area contributed by atoms with Crippen molar-refractivity contribution >= 4 is 26.8 Å². The Labute approximate surface area is 121 Å². The highest BCUT2D eigenvalue weighted by atomic mass is 79.9. The van der Waals surface area contributed by atoms with Gasteiger partial charge in [0.05, 0.1) is 11.6 Å². The van der Waals surface area contributed by atoms with Gasteiger partial charge >= 0.3 is 0 Å². The molecule has 0 spiro atoms. The molecule has 1 aliphatic rings. The molecule has 1 heterocycles. The number of benzene rings is 1. The molecule has 0 aliphatic heterocycles. The summed E-state index contributed by atoms with van der Waals surface area (Å²) in [6.45, 7) is 0.328. The van der Waals surface area contributed by atoms with Gasteiger partial charge in [0.15, 0.2) is 0 Å². The van der Waals surface area contributed by atoms with Crippen molar-refractivity contribution in [2.45, 2.75) is 38.1 Å². The molecule has 0 bridgehead atoms. The zero-order valence-corrected chi connectivity index (χ0v) is 12.5. The minimum absolute atomic E-state index is 0.328. The summed E-state index contributed by atoms with van der Waals surface area (Å²) in [5.74, 6) is 0.709. The van der Waals surface area contributed by atoms with E-state index < -0.39 is 0 Å². The zero-order chi connectivity index (χ0) is 13.2. The summed E-state index contributed by atoms with van der Waals surface area (Å²) in [7, 11) is 0. The molecular formula is C15H19BrN2O. The number of halogens is 1. The van der Waals surface area contributed by atoms with Crippen LogP contribution in [0.15, 0.2) is 28.9 Å². The Kier molecular flexibility index (Phi) is 3.89. The van der Waals surface area contributed by atoms with Crippen LogP contribution in [0.5, 0.6) is 0 Å². The first-order valence-corrected chi connectivity index (χ1v) is 7.81. The maximum Gasteiger partial charge on any atom is 0.0934 e. The summed E-state index contributed by atoms with van der Waals surface area (Å²) in [6, 6.07) is 6.77. The highest BCUT2D eigenvalue weighted by Gasteiger charge is 2.22. The number of aliphatic hydroxyl groups is 1. The van der Waals surface area contributed by atoms with E-state index in [0.29, 0.717) is 18.6 Å². The van der Waals surface area contributed by atoms with Crippen molar-refractivity contribution in [1.29, 1.82) is 0 Å². The number of hydrogen-bond donors (Lipinski definition) is 1. The largest absolute Gasteiger partial charge is 0.396 e. The van der Waals surface area contributed by atoms with Gasteiger partial charge < -0.3 is 5.11 Å². The highest BCUT2D eigenvalue weighted by molar-refractivity contribution is 9.10. The molecule has 3 rings (SSSR count). The van der Waals surface area contributed by atoms with E-state index in [1.807, 2.05) is 0 Å². The first-order chi connectivity index (χ1) is 9.26. The molecule has 102 valence electrons. The van der Waals surface area contributed by atoms with Crippen LogP contribution in [-0.4, -0.2) is 21.5 Å². The Morgan fingerprint density at radius 1 is 1.26 bits per heavy atom. The van der Waals surface area contributed by atoms with E-state index in [2.05, 4.69) is 45.0 Å². The third-order valence-electron chi connectivity index (χ3n) is 4.21. The Bertz CT molecular complexity index is 558. The predicted octanol–water partition coefficient (Wildman–Crippen LogP) is 3.91. The predicted molar refractivity (Wildman–Crippen MR) is 80.1 cm³/mol. The molecule has 3 nitrogen and oxygen atoms in total. The van der Waals surface area contributed by atoms with Crippen LogP contribution in [-0.2, 0) is 0 Å². The van der Waals surface area contributed by atoms with E-state index in [4.69, 9.17) is 10.2 Å². The van der Waals surface area contributed by atoms with Crippen LogP contribution >= 0.6 is 15.9 Å². The first kappa shape index (κ1) is 13.1. The molecule has 0 saturated heterocycles. The van der Waals surface area contributed by atoms with Gasteiger partial charge in [-0.25, -0.2) is 0 Å². The zero-order valence-electron chi connectivity index (χ0n) is 10.9. The van der Waals surface area contributed by atoms with Gasteiger partial charge in [-0.2, -0.15) is 5.10 Å². The lowest BCUT2D eigenvalue weighted by atomic mass is 9.84. The molecule has 0 radical (unpaired) electrons. The Hall–Kier alpha value is -0.870. The van der Waals surface area contributed by atoms with Gasteiger partial charge in [-0.3, -0.25) is 4.68 Å². The van der Waals surface area contributed by atoms with Gasteiger partial charge in [0.25, 0.3) is 0 Å². The van der Waals surface area contributed by atoms with E-state index in [1.54, 1.807) is 0 Å². The van der Waals surface area contributed by atoms with E-state index >= 15 is 0 Å². The standard InChI is InChI=1S/C15H19BrN2O/c16-13-4-3-12-10-18(17-15(12)9-13)14-5-1-11(2-6-14)7-8-19/h3-4,9-11,14,19H,1-2,5-8H2. The SMILES string of the molecule is OCCC1CCC(n2cc3ccc(Br)cc3n2)CC1. The summed E-state index contributed by atoms with van der Waals surface area (Å²) in [5.41, 5.74) is 1.06. The van der Waals surface area contributed by atoms with Gasteiger partial charge in [0.1, 0.15) is 0 Å². The van der Waals surface area contributed by atoms with Crippen molar-refractivity contribution in [2.24, 2.45) is 5.92 Å². The van der Waals surface area contributed by atoms with Crippen LogP contribution in [0.4, 0.5) is 0 Å². The smallest absolute Gasteiger partial charge is 0.0934 e. The van der Waals surface area contributed by atoms with E-state index in [0.717, 1.165) is 16.4 Å². The summed E-state index contributed by atoms with van der Waals surface area (Å²) < 4.78 is 3.23. The third kappa shape index (κ3) is 2.84. The second kappa shape index (κ2) is 5.63. The molecule has 4 heteroatoms. The highest BCUT2D eigenvalue weighted by Crippen LogP contribution is 2.34. The summed E-state index contributed by atoms with van der Waals surface area (Å²) in [5, 5.41) is 14.9. The molecule has 19 heavy (non-hydrogen) atoms. The van der Waals surface area contributed by atoms with Crippen LogP contribution < -0.4 is 0 Å². The number of aliphatic hydroxyl groups excluding tert-OH is 1. The topological polar surface area (TPSA) is 38.0 Å². The van der Waals surface area contributed by atoms with Crippen LogP contribution in [0.25, 0.3) is 10.9 Å². The third-order valence-corrected chi connectivity index (χ3v) is 4.71. The lowest BCUT2D eigenvalue weighted by molar-refractivity contribution is 0.202. The number of hydrogen-bond acceptors (Lipinski definition) is 2. The number of nitrogens with zero attached hydrogens (tertiary/aromatic N) is 2. The molecule has 1 N–H and O–H groups in total. The van der Waals surface area contributed by atoms with Crippen LogP contribution in [0, 0.1) is 5.92 Å². The monoisotopic (exact) mass is 322 g/mol. The maximum atomic E-state index is 9.00. The first-order valence-electron chi connectivity index (χ1n) is 7.01. The Morgan fingerprint density at radius 2 is 2.05 bits per heavy atom. The Morgan fingerprint density at radius 3 is 2.79 bits per heavy atom. The maximum absolute atomic E-state index is 9.00. The lowest BCUT2D eigenvalue weighted by Gasteiger charge is -2.28. The molecule has 1 aliphatic carbocycles. The van der Waals surface area contributed by atoms with Gasteiger partial charge in [-0.15, -0.1) is 0 Å². The van der Waals surface area contributed by atoms with Crippen molar-refractivity contribution in [3.8, 4) is 0 Å². The molecule has 1 saturated carbocycles. The minimum Gasteiger partial charge on any atom is -0.396 e. The summed E-state index contributed by atoms with van der Waals surface area (Å²) >= 11 is 3.49. The van der Waals surface area contributed by atoms with Crippen molar-refractivity contribution < 1.29 is 5.11 Å². The Balaban J connectivity index is 1.74. The molecule has 1 fully saturated rings. The molecule has 2 aromatic rings. The fourth-order valence-corrected chi connectivity index (χ4v) is 3.43. The van der Waals surface area contributed by atoms with E-state index in [9.17, 15) is 0 Å². The summed E-state index contributed by atoms with van der Waals surface area (Å²) in [4.78, 5) is 0. The molecule has 0 atom stereocenters. The number of aromatic nitrogens is 2. The van der Waals surface area contributed by atoms with Gasteiger partial charge in [0, 0.05) is 22.7 Å². The van der Waals surface area contributed by atoms with Crippen molar-refractivity contribution in [3.63, 3.8) is 0 Å². The average molecular weight is 323 g/mol. The van der Waals surface area contributed by atoms with Crippen molar-refractivity contribution in [3.05, 3.63) is 28.9 Å². The summed E-state index contributed by atoms with van der Waals surface area (Å²) in [6.07, 6.45) is 7.91. The number of fused-ring (bicyclic) bond motifs is 1. The molecule has 0 unspecified atom stereocenters. The van der Waals surface area contributed by atoms with Crippen LogP contribution in [0.2, 0.25) is 0 Å². The van der Waals surface area contributed by atoms with E-state index in [1.165, 1.54) is 31.1 Å². The normalized spacial score (nSPS) is 23.9. The fourth-order valence-electron chi connectivity index (χ4n) is 3.08. The quantitative estimate of drug-likeness (QED) is 0.930. The van der Waals surface area contributed by atoms with Crippen molar-refractivity contribution in [1.82, 2.24) is 9.78 Å². The molecule has 0 amide bonds. The van der Waals surface area contributed by atoms with Gasteiger partial charge in [0.2, 0.25) is 0 Å². The van der Waals surface area contributed by atoms with Crippen LogP contribution in [0.3, 0.4) is 0 Å². The van der Waals surface area contributed by atoms with Crippen molar-refractivity contribution in [2.75, 3.05) is 6.61 Å². The average Bonchev–Trinajstić information content (AvgIpc) is 2.83.